The van der Waals surface area contributed by atoms with Crippen LogP contribution in [0.5, 0.6) is 0 Å². The maximum atomic E-state index is 13.5. The van der Waals surface area contributed by atoms with Crippen molar-refractivity contribution in [2.45, 2.75) is 26.0 Å². The Balaban J connectivity index is 2.19. The third-order valence-electron chi connectivity index (χ3n) is 3.36. The van der Waals surface area contributed by atoms with Crippen LogP contribution in [0.15, 0.2) is 18.2 Å². The van der Waals surface area contributed by atoms with Crippen LogP contribution in [0.1, 0.15) is 22.8 Å². The second-order valence-corrected chi connectivity index (χ2v) is 5.19. The van der Waals surface area contributed by atoms with E-state index in [2.05, 4.69) is 0 Å². The number of rotatable bonds is 2. The fourth-order valence-corrected chi connectivity index (χ4v) is 2.27. The number of halogens is 2. The normalized spacial score (nSPS) is 23.5. The molecule has 1 heterocycles. The third kappa shape index (κ3) is 3.07. The van der Waals surface area contributed by atoms with Gasteiger partial charge in [0.05, 0.1) is 24.6 Å². The zero-order chi connectivity index (χ0) is 14.0. The Labute approximate surface area is 117 Å². The average molecular weight is 286 g/mol. The molecule has 2 atom stereocenters. The van der Waals surface area contributed by atoms with Crippen LogP contribution >= 0.6 is 11.6 Å². The van der Waals surface area contributed by atoms with Gasteiger partial charge in [0.15, 0.2) is 0 Å². The van der Waals surface area contributed by atoms with Gasteiger partial charge in [-0.2, -0.15) is 0 Å². The van der Waals surface area contributed by atoms with Gasteiger partial charge in [-0.25, -0.2) is 4.39 Å². The molecule has 1 aliphatic rings. The lowest BCUT2D eigenvalue weighted by Crippen LogP contribution is -2.51. The van der Waals surface area contributed by atoms with E-state index in [1.807, 2.05) is 6.92 Å². The molecule has 0 spiro atoms. The van der Waals surface area contributed by atoms with E-state index in [1.165, 1.54) is 6.07 Å². The second-order valence-electron chi connectivity index (χ2n) is 4.88. The third-order valence-corrected chi connectivity index (χ3v) is 3.70. The highest BCUT2D eigenvalue weighted by atomic mass is 35.5. The number of hydrogen-bond acceptors (Lipinski definition) is 2. The molecule has 0 bridgehead atoms. The summed E-state index contributed by atoms with van der Waals surface area (Å²) in [5.41, 5.74) is 0.899. The molecule has 19 heavy (non-hydrogen) atoms. The fourth-order valence-electron chi connectivity index (χ4n) is 2.09. The summed E-state index contributed by atoms with van der Waals surface area (Å²) in [5, 5.41) is 0. The van der Waals surface area contributed by atoms with Crippen LogP contribution in [0.4, 0.5) is 4.39 Å². The van der Waals surface area contributed by atoms with Crippen molar-refractivity contribution in [3.8, 4) is 0 Å². The molecule has 1 amide bonds. The summed E-state index contributed by atoms with van der Waals surface area (Å²) in [6.45, 7) is 4.48. The van der Waals surface area contributed by atoms with E-state index >= 15 is 0 Å². The van der Waals surface area contributed by atoms with Gasteiger partial charge in [-0.05, 0) is 31.5 Å². The Morgan fingerprint density at radius 1 is 1.58 bits per heavy atom. The van der Waals surface area contributed by atoms with Crippen molar-refractivity contribution in [1.29, 1.82) is 0 Å². The minimum absolute atomic E-state index is 0.0312. The molecular weight excluding hydrogens is 269 g/mol. The van der Waals surface area contributed by atoms with Crippen molar-refractivity contribution >= 4 is 17.5 Å². The van der Waals surface area contributed by atoms with Gasteiger partial charge in [0.25, 0.3) is 5.91 Å². The van der Waals surface area contributed by atoms with E-state index in [0.29, 0.717) is 30.2 Å². The smallest absolute Gasteiger partial charge is 0.254 e. The predicted molar refractivity (Wildman–Crippen MR) is 72.1 cm³/mol. The number of carbonyl (C=O) groups is 1. The highest BCUT2D eigenvalue weighted by Crippen LogP contribution is 2.18. The lowest BCUT2D eigenvalue weighted by molar-refractivity contribution is -0.0371. The van der Waals surface area contributed by atoms with Crippen LogP contribution in [-0.2, 0) is 4.74 Å². The summed E-state index contributed by atoms with van der Waals surface area (Å²) in [4.78, 5) is 14.1. The molecule has 104 valence electrons. The van der Waals surface area contributed by atoms with Gasteiger partial charge in [-0.1, -0.05) is 6.07 Å². The van der Waals surface area contributed by atoms with Gasteiger partial charge in [-0.15, -0.1) is 11.6 Å². The van der Waals surface area contributed by atoms with Crippen LogP contribution in [-0.4, -0.2) is 42.0 Å². The lowest BCUT2D eigenvalue weighted by atomic mass is 10.1. The van der Waals surface area contributed by atoms with E-state index < -0.39 is 0 Å². The largest absolute Gasteiger partial charge is 0.373 e. The lowest BCUT2D eigenvalue weighted by Gasteiger charge is -2.37. The van der Waals surface area contributed by atoms with Gasteiger partial charge < -0.3 is 9.64 Å². The Morgan fingerprint density at radius 3 is 2.95 bits per heavy atom. The first kappa shape index (κ1) is 14.3. The summed E-state index contributed by atoms with van der Waals surface area (Å²) < 4.78 is 19.0. The molecule has 1 fully saturated rings. The van der Waals surface area contributed by atoms with Gasteiger partial charge >= 0.3 is 0 Å². The number of ether oxygens (including phenoxy) is 1. The summed E-state index contributed by atoms with van der Waals surface area (Å²) in [7, 11) is 0. The number of benzene rings is 1. The first-order chi connectivity index (χ1) is 9.02. The Hall–Kier alpha value is -1.13. The van der Waals surface area contributed by atoms with Gasteiger partial charge in [0.2, 0.25) is 0 Å². The van der Waals surface area contributed by atoms with Crippen LogP contribution in [0, 0.1) is 12.7 Å². The minimum Gasteiger partial charge on any atom is -0.373 e. The molecule has 2 rings (SSSR count). The zero-order valence-corrected chi connectivity index (χ0v) is 11.8. The van der Waals surface area contributed by atoms with Crippen molar-refractivity contribution < 1.29 is 13.9 Å². The minimum atomic E-state index is -0.361. The Morgan fingerprint density at radius 2 is 2.32 bits per heavy atom. The van der Waals surface area contributed by atoms with E-state index in [9.17, 15) is 9.18 Å². The van der Waals surface area contributed by atoms with Crippen molar-refractivity contribution in [3.05, 3.63) is 35.1 Å². The Bertz CT molecular complexity index is 481. The standard InChI is InChI=1S/C14H17ClFNO2/c1-9-3-4-11(5-13(9)16)14(18)17-7-12(6-15)19-8-10(17)2/h3-5,10,12H,6-8H2,1-2H3. The number of carbonyl (C=O) groups excluding carboxylic acids is 1. The van der Waals surface area contributed by atoms with Crippen molar-refractivity contribution in [2.75, 3.05) is 19.0 Å². The number of nitrogens with zero attached hydrogens (tertiary/aromatic N) is 1. The fraction of sp³-hybridized carbons (Fsp3) is 0.500. The van der Waals surface area contributed by atoms with Gasteiger partial charge in [0.1, 0.15) is 5.82 Å². The van der Waals surface area contributed by atoms with E-state index in [4.69, 9.17) is 16.3 Å². The molecular formula is C14H17ClFNO2. The zero-order valence-electron chi connectivity index (χ0n) is 11.0. The molecule has 1 aromatic carbocycles. The van der Waals surface area contributed by atoms with Crippen LogP contribution < -0.4 is 0 Å². The monoisotopic (exact) mass is 285 g/mol. The number of alkyl halides is 1. The molecule has 5 heteroatoms. The first-order valence-electron chi connectivity index (χ1n) is 6.27. The van der Waals surface area contributed by atoms with E-state index in [1.54, 1.807) is 24.0 Å². The van der Waals surface area contributed by atoms with E-state index in [-0.39, 0.29) is 23.9 Å². The van der Waals surface area contributed by atoms with Crippen molar-refractivity contribution in [1.82, 2.24) is 4.90 Å². The Kier molecular flexibility index (Phi) is 4.42. The van der Waals surface area contributed by atoms with E-state index in [0.717, 1.165) is 0 Å². The molecule has 0 radical (unpaired) electrons. The molecule has 1 saturated heterocycles. The average Bonchev–Trinajstić information content (AvgIpc) is 2.41. The van der Waals surface area contributed by atoms with Crippen LogP contribution in [0.25, 0.3) is 0 Å². The maximum absolute atomic E-state index is 13.5. The highest BCUT2D eigenvalue weighted by molar-refractivity contribution is 6.18. The molecule has 2 unspecified atom stereocenters. The number of aryl methyl sites for hydroxylation is 1. The highest BCUT2D eigenvalue weighted by Gasteiger charge is 2.30. The SMILES string of the molecule is Cc1ccc(C(=O)N2CC(CCl)OCC2C)cc1F. The van der Waals surface area contributed by atoms with Crippen LogP contribution in [0.3, 0.4) is 0 Å². The second kappa shape index (κ2) is 5.88. The molecule has 0 aromatic heterocycles. The summed E-state index contributed by atoms with van der Waals surface area (Å²) in [6.07, 6.45) is -0.155. The molecule has 0 aliphatic carbocycles. The summed E-state index contributed by atoms with van der Waals surface area (Å²) in [6, 6.07) is 4.53. The molecule has 3 nitrogen and oxygen atoms in total. The van der Waals surface area contributed by atoms with Gasteiger partial charge in [-0.3, -0.25) is 4.79 Å². The molecule has 0 saturated carbocycles. The summed E-state index contributed by atoms with van der Waals surface area (Å²) in [5.74, 6) is -0.191. The quantitative estimate of drug-likeness (QED) is 0.782. The summed E-state index contributed by atoms with van der Waals surface area (Å²) >= 11 is 5.77. The molecule has 1 aliphatic heterocycles. The molecule has 0 N–H and O–H groups in total. The number of amides is 1. The van der Waals surface area contributed by atoms with Crippen molar-refractivity contribution in [3.63, 3.8) is 0 Å². The topological polar surface area (TPSA) is 29.5 Å². The maximum Gasteiger partial charge on any atom is 0.254 e. The first-order valence-corrected chi connectivity index (χ1v) is 6.81. The predicted octanol–water partition coefficient (Wildman–Crippen LogP) is 2.60. The molecule has 1 aromatic rings. The van der Waals surface area contributed by atoms with Crippen molar-refractivity contribution in [2.24, 2.45) is 0 Å². The number of morpholine rings is 1. The van der Waals surface area contributed by atoms with Crippen LogP contribution in [0.2, 0.25) is 0 Å². The van der Waals surface area contributed by atoms with Gasteiger partial charge in [0, 0.05) is 12.1 Å². The number of hydrogen-bond donors (Lipinski definition) is 0.